The van der Waals surface area contributed by atoms with E-state index in [0.29, 0.717) is 17.9 Å². The Bertz CT molecular complexity index is 1030. The van der Waals surface area contributed by atoms with E-state index < -0.39 is 5.91 Å². The van der Waals surface area contributed by atoms with Crippen molar-refractivity contribution < 1.29 is 9.53 Å². The van der Waals surface area contributed by atoms with Crippen LogP contribution in [-0.2, 0) is 6.42 Å². The van der Waals surface area contributed by atoms with Gasteiger partial charge < -0.3 is 15.0 Å². The Morgan fingerprint density at radius 1 is 1.19 bits per heavy atom. The minimum Gasteiger partial charge on any atom is -0.497 e. The summed E-state index contributed by atoms with van der Waals surface area (Å²) in [6, 6.07) is 14.2. The Morgan fingerprint density at radius 2 is 1.93 bits per heavy atom. The van der Waals surface area contributed by atoms with Crippen molar-refractivity contribution in [3.05, 3.63) is 86.0 Å². The molecule has 0 unspecified atom stereocenters. The van der Waals surface area contributed by atoms with E-state index in [0.717, 1.165) is 21.3 Å². The molecular formula is C20H18BrN3O3. The summed E-state index contributed by atoms with van der Waals surface area (Å²) in [5.74, 6) is 0.742. The van der Waals surface area contributed by atoms with Crippen molar-refractivity contribution in [3.8, 4) is 5.75 Å². The average Bonchev–Trinajstić information content (AvgIpc) is 2.64. The predicted octanol–water partition coefficient (Wildman–Crippen LogP) is 3.69. The lowest BCUT2D eigenvalue weighted by atomic mass is 10.1. The third-order valence-electron chi connectivity index (χ3n) is 3.99. The number of benzene rings is 2. The van der Waals surface area contributed by atoms with Crippen LogP contribution in [0.25, 0.3) is 0 Å². The number of hydrogen-bond acceptors (Lipinski definition) is 4. The molecule has 1 heterocycles. The highest BCUT2D eigenvalue weighted by Gasteiger charge is 2.12. The highest BCUT2D eigenvalue weighted by molar-refractivity contribution is 9.10. The van der Waals surface area contributed by atoms with Crippen molar-refractivity contribution in [3.63, 3.8) is 0 Å². The number of carbonyl (C=O) groups is 1. The molecule has 0 atom stereocenters. The Hall–Kier alpha value is -2.93. The quantitative estimate of drug-likeness (QED) is 0.649. The molecule has 3 rings (SSSR count). The number of rotatable bonds is 5. The molecule has 0 aliphatic heterocycles. The van der Waals surface area contributed by atoms with Gasteiger partial charge in [0.05, 0.1) is 7.11 Å². The second-order valence-corrected chi connectivity index (χ2v) is 6.93. The number of ether oxygens (including phenoxy) is 1. The fraction of sp³-hybridized carbons (Fsp3) is 0.150. The van der Waals surface area contributed by atoms with Crippen molar-refractivity contribution in [1.29, 1.82) is 0 Å². The zero-order valence-electron chi connectivity index (χ0n) is 14.9. The summed E-state index contributed by atoms with van der Waals surface area (Å²) < 4.78 is 6.06. The van der Waals surface area contributed by atoms with Gasteiger partial charge in [-0.1, -0.05) is 28.1 Å². The highest BCUT2D eigenvalue weighted by atomic mass is 79.9. The number of aromatic amines is 1. The molecule has 2 aromatic carbocycles. The van der Waals surface area contributed by atoms with Gasteiger partial charge in [0.2, 0.25) is 0 Å². The number of nitrogens with one attached hydrogen (secondary N) is 2. The lowest BCUT2D eigenvalue weighted by Crippen LogP contribution is -2.20. The maximum atomic E-state index is 12.5. The third-order valence-corrected chi connectivity index (χ3v) is 4.48. The molecule has 0 spiro atoms. The van der Waals surface area contributed by atoms with Crippen LogP contribution in [0.5, 0.6) is 5.75 Å². The van der Waals surface area contributed by atoms with E-state index in [4.69, 9.17) is 4.74 Å². The zero-order valence-corrected chi connectivity index (χ0v) is 16.5. The monoisotopic (exact) mass is 427 g/mol. The largest absolute Gasteiger partial charge is 0.497 e. The molecule has 0 bridgehead atoms. The molecule has 0 fully saturated rings. The second kappa shape index (κ2) is 8.18. The Morgan fingerprint density at radius 3 is 2.59 bits per heavy atom. The smallest absolute Gasteiger partial charge is 0.274 e. The summed E-state index contributed by atoms with van der Waals surface area (Å²) >= 11 is 3.39. The number of hydrogen-bond donors (Lipinski definition) is 2. The molecule has 0 aliphatic rings. The molecule has 27 heavy (non-hydrogen) atoms. The number of amides is 1. The van der Waals surface area contributed by atoms with Crippen LogP contribution in [0.15, 0.2) is 57.8 Å². The summed E-state index contributed by atoms with van der Waals surface area (Å²) in [5.41, 5.74) is 2.22. The van der Waals surface area contributed by atoms with Crippen molar-refractivity contribution in [1.82, 2.24) is 9.97 Å². The molecule has 0 saturated heterocycles. The Kier molecular flexibility index (Phi) is 5.71. The minimum atomic E-state index is -0.428. The van der Waals surface area contributed by atoms with Gasteiger partial charge in [0.1, 0.15) is 17.3 Å². The maximum Gasteiger partial charge on any atom is 0.274 e. The van der Waals surface area contributed by atoms with Crippen LogP contribution in [0.3, 0.4) is 0 Å². The lowest BCUT2D eigenvalue weighted by molar-refractivity contribution is 0.102. The zero-order chi connectivity index (χ0) is 19.4. The van der Waals surface area contributed by atoms with Gasteiger partial charge in [0.25, 0.3) is 11.5 Å². The van der Waals surface area contributed by atoms with Crippen molar-refractivity contribution in [2.45, 2.75) is 13.3 Å². The minimum absolute atomic E-state index is 0.0737. The molecule has 1 amide bonds. The Balaban J connectivity index is 1.81. The lowest BCUT2D eigenvalue weighted by Gasteiger charge is -2.09. The number of nitrogens with zero attached hydrogens (tertiary/aromatic N) is 1. The SMILES string of the molecule is COc1ccc(Cc2nc(C(=O)Nc3ccc(Br)cc3C)cc(=O)[nH]2)cc1. The standard InChI is InChI=1S/C20H18BrN3O3/c1-12-9-14(21)5-8-16(12)23-20(26)17-11-19(25)24-18(22-17)10-13-3-6-15(27-2)7-4-13/h3-9,11H,10H2,1-2H3,(H,23,26)(H,22,24,25). The third kappa shape index (κ3) is 4.83. The maximum absolute atomic E-state index is 12.5. The van der Waals surface area contributed by atoms with E-state index in [1.165, 1.54) is 6.07 Å². The topological polar surface area (TPSA) is 84.1 Å². The van der Waals surface area contributed by atoms with E-state index in [-0.39, 0.29) is 11.3 Å². The molecule has 0 aliphatic carbocycles. The van der Waals surface area contributed by atoms with Gasteiger partial charge in [-0.05, 0) is 48.4 Å². The number of H-pyrrole nitrogens is 1. The van der Waals surface area contributed by atoms with Gasteiger partial charge >= 0.3 is 0 Å². The average molecular weight is 428 g/mol. The number of carbonyl (C=O) groups excluding carboxylic acids is 1. The van der Waals surface area contributed by atoms with E-state index >= 15 is 0 Å². The molecule has 2 N–H and O–H groups in total. The molecule has 3 aromatic rings. The first kappa shape index (κ1) is 18.8. The van der Waals surface area contributed by atoms with Crippen LogP contribution >= 0.6 is 15.9 Å². The van der Waals surface area contributed by atoms with Crippen molar-refractivity contribution in [2.75, 3.05) is 12.4 Å². The first-order valence-electron chi connectivity index (χ1n) is 8.25. The van der Waals surface area contributed by atoms with Gasteiger partial charge in [-0.3, -0.25) is 9.59 Å². The van der Waals surface area contributed by atoms with Crippen molar-refractivity contribution >= 4 is 27.5 Å². The van der Waals surface area contributed by atoms with Crippen LogP contribution in [-0.4, -0.2) is 23.0 Å². The van der Waals surface area contributed by atoms with E-state index in [1.54, 1.807) is 13.2 Å². The van der Waals surface area contributed by atoms with E-state index in [2.05, 4.69) is 31.2 Å². The molecule has 0 radical (unpaired) electrons. The number of halogens is 1. The second-order valence-electron chi connectivity index (χ2n) is 6.02. The molecule has 6 nitrogen and oxygen atoms in total. The fourth-order valence-corrected chi connectivity index (χ4v) is 3.07. The van der Waals surface area contributed by atoms with Crippen LogP contribution in [0.1, 0.15) is 27.4 Å². The number of aryl methyl sites for hydroxylation is 1. The summed E-state index contributed by atoms with van der Waals surface area (Å²) in [7, 11) is 1.60. The number of methoxy groups -OCH3 is 1. The first-order chi connectivity index (χ1) is 12.9. The first-order valence-corrected chi connectivity index (χ1v) is 9.04. The van der Waals surface area contributed by atoms with Gasteiger partial charge in [-0.15, -0.1) is 0 Å². The molecular weight excluding hydrogens is 410 g/mol. The van der Waals surface area contributed by atoms with Crippen molar-refractivity contribution in [2.24, 2.45) is 0 Å². The molecule has 0 saturated carbocycles. The van der Waals surface area contributed by atoms with Crippen LogP contribution in [0.4, 0.5) is 5.69 Å². The van der Waals surface area contributed by atoms with E-state index in [1.807, 2.05) is 43.3 Å². The summed E-state index contributed by atoms with van der Waals surface area (Å²) in [6.07, 6.45) is 0.400. The van der Waals surface area contributed by atoms with Gasteiger partial charge in [0.15, 0.2) is 0 Å². The van der Waals surface area contributed by atoms with E-state index in [9.17, 15) is 9.59 Å². The molecule has 138 valence electrons. The van der Waals surface area contributed by atoms with Crippen LogP contribution in [0.2, 0.25) is 0 Å². The fourth-order valence-electron chi connectivity index (χ4n) is 2.60. The van der Waals surface area contributed by atoms with Crippen LogP contribution in [0, 0.1) is 6.92 Å². The highest BCUT2D eigenvalue weighted by Crippen LogP contribution is 2.20. The van der Waals surface area contributed by atoms with Gasteiger partial charge in [0, 0.05) is 22.6 Å². The molecule has 7 heteroatoms. The van der Waals surface area contributed by atoms with Gasteiger partial charge in [-0.25, -0.2) is 4.98 Å². The molecule has 1 aromatic heterocycles. The number of aromatic nitrogens is 2. The predicted molar refractivity (Wildman–Crippen MR) is 107 cm³/mol. The van der Waals surface area contributed by atoms with Gasteiger partial charge in [-0.2, -0.15) is 0 Å². The summed E-state index contributed by atoms with van der Waals surface area (Å²) in [6.45, 7) is 1.89. The Labute approximate surface area is 164 Å². The van der Waals surface area contributed by atoms with Crippen LogP contribution < -0.4 is 15.6 Å². The summed E-state index contributed by atoms with van der Waals surface area (Å²) in [4.78, 5) is 31.5. The number of anilines is 1. The normalized spacial score (nSPS) is 10.5. The summed E-state index contributed by atoms with van der Waals surface area (Å²) in [5, 5.41) is 2.80.